The summed E-state index contributed by atoms with van der Waals surface area (Å²) in [5.74, 6) is 7.04. The molecule has 1 saturated carbocycles. The van der Waals surface area contributed by atoms with Gasteiger partial charge in [0.1, 0.15) is 5.82 Å². The molecule has 2 rings (SSSR count). The largest absolute Gasteiger partial charge is 0.393 e. The van der Waals surface area contributed by atoms with Crippen LogP contribution >= 0.6 is 0 Å². The Balaban J connectivity index is 1.81. The highest BCUT2D eigenvalue weighted by Gasteiger charge is 2.18. The number of nitrogen functional groups attached to an aromatic ring is 1. The summed E-state index contributed by atoms with van der Waals surface area (Å²) in [6.07, 6.45) is 5.52. The first-order chi connectivity index (χ1) is 8.28. The van der Waals surface area contributed by atoms with Crippen LogP contribution < -0.4 is 16.6 Å². The van der Waals surface area contributed by atoms with E-state index in [0.717, 1.165) is 38.0 Å². The lowest BCUT2D eigenvalue weighted by atomic mass is 9.87. The maximum Gasteiger partial charge on any atom is 0.239 e. The fourth-order valence-corrected chi connectivity index (χ4v) is 2.12. The molecule has 5 N–H and O–H groups in total. The average molecular weight is 237 g/mol. The van der Waals surface area contributed by atoms with Gasteiger partial charge in [0.2, 0.25) is 5.95 Å². The Kier molecular flexibility index (Phi) is 4.11. The molecular weight excluding hydrogens is 218 g/mol. The first kappa shape index (κ1) is 12.1. The van der Waals surface area contributed by atoms with Crippen molar-refractivity contribution in [3.63, 3.8) is 0 Å². The summed E-state index contributed by atoms with van der Waals surface area (Å²) in [5.41, 5.74) is 2.42. The summed E-state index contributed by atoms with van der Waals surface area (Å²) in [5, 5.41) is 12.7. The number of aliphatic hydroxyl groups excluding tert-OH is 1. The average Bonchev–Trinajstić information content (AvgIpc) is 2.38. The zero-order valence-electron chi connectivity index (χ0n) is 9.76. The van der Waals surface area contributed by atoms with E-state index in [1.54, 1.807) is 6.20 Å². The van der Waals surface area contributed by atoms with Crippen LogP contribution in [0.25, 0.3) is 0 Å². The lowest BCUT2D eigenvalue weighted by Crippen LogP contribution is -2.24. The standard InChI is InChI=1S/C11H19N5O/c12-16-11-13-6-5-10(15-11)14-7-8-1-3-9(17)4-2-8/h5-6,8-9,17H,1-4,7,12H2,(H2,13,14,15,16). The number of nitrogens with zero attached hydrogens (tertiary/aromatic N) is 2. The third-order valence-corrected chi connectivity index (χ3v) is 3.17. The molecule has 1 aliphatic carbocycles. The molecule has 0 bridgehead atoms. The van der Waals surface area contributed by atoms with Crippen LogP contribution in [0.5, 0.6) is 0 Å². The van der Waals surface area contributed by atoms with Crippen LogP contribution in [0.4, 0.5) is 11.8 Å². The first-order valence-corrected chi connectivity index (χ1v) is 5.99. The second kappa shape index (κ2) is 5.79. The molecule has 0 unspecified atom stereocenters. The van der Waals surface area contributed by atoms with Crippen molar-refractivity contribution < 1.29 is 5.11 Å². The van der Waals surface area contributed by atoms with Crippen LogP contribution in [-0.2, 0) is 0 Å². The number of hydrogen-bond acceptors (Lipinski definition) is 6. The molecule has 0 saturated heterocycles. The molecular formula is C11H19N5O. The molecule has 94 valence electrons. The van der Waals surface area contributed by atoms with E-state index in [1.165, 1.54) is 0 Å². The second-order valence-electron chi connectivity index (χ2n) is 4.47. The Morgan fingerprint density at radius 1 is 1.35 bits per heavy atom. The monoisotopic (exact) mass is 237 g/mol. The van der Waals surface area contributed by atoms with Crippen molar-refractivity contribution >= 4 is 11.8 Å². The molecule has 1 aromatic rings. The van der Waals surface area contributed by atoms with Gasteiger partial charge in [0.05, 0.1) is 6.10 Å². The minimum atomic E-state index is -0.0988. The van der Waals surface area contributed by atoms with Gasteiger partial charge in [-0.05, 0) is 37.7 Å². The van der Waals surface area contributed by atoms with Gasteiger partial charge in [-0.3, -0.25) is 5.43 Å². The number of anilines is 2. The number of nitrogens with two attached hydrogens (primary N) is 1. The molecule has 0 spiro atoms. The molecule has 0 aromatic carbocycles. The molecule has 0 radical (unpaired) electrons. The summed E-state index contributed by atoms with van der Waals surface area (Å²) >= 11 is 0. The van der Waals surface area contributed by atoms with Crippen molar-refractivity contribution in [1.82, 2.24) is 9.97 Å². The van der Waals surface area contributed by atoms with Crippen molar-refractivity contribution in [2.75, 3.05) is 17.3 Å². The molecule has 0 atom stereocenters. The lowest BCUT2D eigenvalue weighted by molar-refractivity contribution is 0.111. The molecule has 0 amide bonds. The van der Waals surface area contributed by atoms with E-state index >= 15 is 0 Å². The quantitative estimate of drug-likeness (QED) is 0.455. The van der Waals surface area contributed by atoms with E-state index in [1.807, 2.05) is 6.07 Å². The van der Waals surface area contributed by atoms with Crippen molar-refractivity contribution in [3.05, 3.63) is 12.3 Å². The van der Waals surface area contributed by atoms with Gasteiger partial charge in [0.25, 0.3) is 0 Å². The predicted octanol–water partition coefficient (Wildman–Crippen LogP) is 0.725. The highest BCUT2D eigenvalue weighted by Crippen LogP contribution is 2.24. The van der Waals surface area contributed by atoms with Crippen molar-refractivity contribution in [1.29, 1.82) is 0 Å². The van der Waals surface area contributed by atoms with Gasteiger partial charge >= 0.3 is 0 Å². The SMILES string of the molecule is NNc1nccc(NCC2CCC(O)CC2)n1. The van der Waals surface area contributed by atoms with Gasteiger partial charge in [-0.15, -0.1) is 0 Å². The van der Waals surface area contributed by atoms with Crippen LogP contribution in [0.15, 0.2) is 12.3 Å². The summed E-state index contributed by atoms with van der Waals surface area (Å²) in [6, 6.07) is 1.82. The lowest BCUT2D eigenvalue weighted by Gasteiger charge is -2.25. The fourth-order valence-electron chi connectivity index (χ4n) is 2.12. The highest BCUT2D eigenvalue weighted by molar-refractivity contribution is 5.38. The molecule has 17 heavy (non-hydrogen) atoms. The van der Waals surface area contributed by atoms with Gasteiger partial charge in [-0.25, -0.2) is 10.8 Å². The molecule has 6 heteroatoms. The number of hydrogen-bond donors (Lipinski definition) is 4. The third-order valence-electron chi connectivity index (χ3n) is 3.17. The van der Waals surface area contributed by atoms with Gasteiger partial charge in [-0.2, -0.15) is 4.98 Å². The zero-order chi connectivity index (χ0) is 12.1. The Labute approximate surface area is 101 Å². The van der Waals surface area contributed by atoms with E-state index in [0.29, 0.717) is 11.9 Å². The second-order valence-corrected chi connectivity index (χ2v) is 4.47. The number of aliphatic hydroxyl groups is 1. The molecule has 0 aliphatic heterocycles. The van der Waals surface area contributed by atoms with E-state index in [4.69, 9.17) is 5.84 Å². The van der Waals surface area contributed by atoms with Crippen LogP contribution in [0.3, 0.4) is 0 Å². The van der Waals surface area contributed by atoms with Crippen LogP contribution in [-0.4, -0.2) is 27.7 Å². The van der Waals surface area contributed by atoms with Crippen LogP contribution in [0, 0.1) is 5.92 Å². The highest BCUT2D eigenvalue weighted by atomic mass is 16.3. The Bertz CT molecular complexity index is 351. The summed E-state index contributed by atoms with van der Waals surface area (Å²) in [7, 11) is 0. The molecule has 1 fully saturated rings. The van der Waals surface area contributed by atoms with Crippen LogP contribution in [0.2, 0.25) is 0 Å². The van der Waals surface area contributed by atoms with E-state index in [-0.39, 0.29) is 6.10 Å². The van der Waals surface area contributed by atoms with Crippen molar-refractivity contribution in [2.24, 2.45) is 11.8 Å². The molecule has 6 nitrogen and oxygen atoms in total. The van der Waals surface area contributed by atoms with Crippen molar-refractivity contribution in [2.45, 2.75) is 31.8 Å². The third kappa shape index (κ3) is 3.54. The topological polar surface area (TPSA) is 96.1 Å². The predicted molar refractivity (Wildman–Crippen MR) is 66.3 cm³/mol. The number of nitrogens with one attached hydrogen (secondary N) is 2. The minimum Gasteiger partial charge on any atom is -0.393 e. The maximum absolute atomic E-state index is 9.42. The van der Waals surface area contributed by atoms with Crippen LogP contribution in [0.1, 0.15) is 25.7 Å². The van der Waals surface area contributed by atoms with Gasteiger partial charge in [-0.1, -0.05) is 0 Å². The molecule has 1 aromatic heterocycles. The zero-order valence-corrected chi connectivity index (χ0v) is 9.76. The van der Waals surface area contributed by atoms with E-state index in [9.17, 15) is 5.11 Å². The first-order valence-electron chi connectivity index (χ1n) is 5.99. The Hall–Kier alpha value is -1.40. The van der Waals surface area contributed by atoms with E-state index in [2.05, 4.69) is 20.7 Å². The van der Waals surface area contributed by atoms with E-state index < -0.39 is 0 Å². The smallest absolute Gasteiger partial charge is 0.239 e. The maximum atomic E-state index is 9.42. The summed E-state index contributed by atoms with van der Waals surface area (Å²) < 4.78 is 0. The number of hydrazine groups is 1. The Morgan fingerprint density at radius 3 is 2.82 bits per heavy atom. The number of aromatic nitrogens is 2. The minimum absolute atomic E-state index is 0.0988. The van der Waals surface area contributed by atoms with Gasteiger partial charge < -0.3 is 10.4 Å². The Morgan fingerprint density at radius 2 is 2.12 bits per heavy atom. The summed E-state index contributed by atoms with van der Waals surface area (Å²) in [6.45, 7) is 0.883. The van der Waals surface area contributed by atoms with Gasteiger partial charge in [0.15, 0.2) is 0 Å². The normalized spacial score (nSPS) is 24.4. The summed E-state index contributed by atoms with van der Waals surface area (Å²) in [4.78, 5) is 8.13. The van der Waals surface area contributed by atoms with Gasteiger partial charge in [0, 0.05) is 12.7 Å². The van der Waals surface area contributed by atoms with Crippen molar-refractivity contribution in [3.8, 4) is 0 Å². The molecule has 1 heterocycles. The number of rotatable bonds is 4. The molecule has 1 aliphatic rings. The fraction of sp³-hybridized carbons (Fsp3) is 0.636.